The summed E-state index contributed by atoms with van der Waals surface area (Å²) < 4.78 is 11.1. The molecule has 0 bridgehead atoms. The zero-order valence-corrected chi connectivity index (χ0v) is 14.0. The molecule has 1 amide bonds. The fourth-order valence-electron chi connectivity index (χ4n) is 3.54. The molecular weight excluding hydrogens is 306 g/mol. The molecular formula is C18H21N3O3. The summed E-state index contributed by atoms with van der Waals surface area (Å²) in [4.78, 5) is 15.5. The Bertz CT molecular complexity index is 755. The molecule has 6 nitrogen and oxygen atoms in total. The predicted molar refractivity (Wildman–Crippen MR) is 88.4 cm³/mol. The van der Waals surface area contributed by atoms with E-state index in [1.54, 1.807) is 11.9 Å². The van der Waals surface area contributed by atoms with Gasteiger partial charge in [-0.1, -0.05) is 35.0 Å². The van der Waals surface area contributed by atoms with E-state index in [2.05, 4.69) is 41.2 Å². The molecule has 0 saturated carbocycles. The summed E-state index contributed by atoms with van der Waals surface area (Å²) in [5.41, 5.74) is 2.78. The van der Waals surface area contributed by atoms with Crippen molar-refractivity contribution < 1.29 is 14.1 Å². The van der Waals surface area contributed by atoms with Gasteiger partial charge in [0.2, 0.25) is 0 Å². The highest BCUT2D eigenvalue weighted by molar-refractivity contribution is 5.70. The van der Waals surface area contributed by atoms with Crippen molar-refractivity contribution in [2.24, 2.45) is 0 Å². The van der Waals surface area contributed by atoms with E-state index < -0.39 is 0 Å². The van der Waals surface area contributed by atoms with Crippen LogP contribution in [0.1, 0.15) is 17.7 Å². The zero-order valence-electron chi connectivity index (χ0n) is 14.0. The Kier molecular flexibility index (Phi) is 3.57. The number of aryl methyl sites for hydroxylation is 1. The predicted octanol–water partition coefficient (Wildman–Crippen LogP) is 2.68. The first-order valence-corrected chi connectivity index (χ1v) is 8.22. The fraction of sp³-hybridized carbons (Fsp3) is 0.444. The molecule has 2 aliphatic rings. The highest BCUT2D eigenvalue weighted by atomic mass is 16.6. The van der Waals surface area contributed by atoms with Gasteiger partial charge in [0.05, 0.1) is 13.1 Å². The summed E-state index contributed by atoms with van der Waals surface area (Å²) in [5, 5.41) is 4.18. The van der Waals surface area contributed by atoms with Crippen LogP contribution < -0.4 is 0 Å². The van der Waals surface area contributed by atoms with E-state index in [9.17, 15) is 4.79 Å². The van der Waals surface area contributed by atoms with E-state index in [-0.39, 0.29) is 11.7 Å². The van der Waals surface area contributed by atoms with Gasteiger partial charge in [-0.05, 0) is 6.92 Å². The van der Waals surface area contributed by atoms with Gasteiger partial charge in [-0.3, -0.25) is 4.90 Å². The number of carbonyl (C=O) groups is 1. The van der Waals surface area contributed by atoms with Crippen LogP contribution in [0.3, 0.4) is 0 Å². The van der Waals surface area contributed by atoms with Crippen molar-refractivity contribution in [2.45, 2.75) is 25.5 Å². The summed E-state index contributed by atoms with van der Waals surface area (Å²) in [6, 6.07) is 10.2. The molecule has 2 aliphatic heterocycles. The average molecular weight is 327 g/mol. The van der Waals surface area contributed by atoms with E-state index in [1.807, 2.05) is 6.07 Å². The normalized spacial score (nSPS) is 24.1. The Hall–Kier alpha value is -2.34. The molecule has 126 valence electrons. The van der Waals surface area contributed by atoms with Crippen LogP contribution in [-0.4, -0.2) is 53.3 Å². The lowest BCUT2D eigenvalue weighted by molar-refractivity contribution is 0.0619. The van der Waals surface area contributed by atoms with Crippen LogP contribution in [0.2, 0.25) is 0 Å². The number of hydrogen-bond acceptors (Lipinski definition) is 5. The molecule has 6 heteroatoms. The van der Waals surface area contributed by atoms with E-state index >= 15 is 0 Å². The first-order chi connectivity index (χ1) is 11.5. The summed E-state index contributed by atoms with van der Waals surface area (Å²) >= 11 is 0. The van der Waals surface area contributed by atoms with Gasteiger partial charge in [0.1, 0.15) is 11.3 Å². The third-order valence-corrected chi connectivity index (χ3v) is 4.82. The Morgan fingerprint density at radius 1 is 1.25 bits per heavy atom. The minimum atomic E-state index is -0.356. The lowest BCUT2D eigenvalue weighted by Crippen LogP contribution is -2.36. The number of aromatic nitrogens is 1. The van der Waals surface area contributed by atoms with Crippen molar-refractivity contribution in [3.05, 3.63) is 41.7 Å². The molecule has 1 aromatic heterocycles. The van der Waals surface area contributed by atoms with Gasteiger partial charge in [0.15, 0.2) is 5.76 Å². The molecule has 4 rings (SSSR count). The minimum absolute atomic E-state index is 0.224. The second kappa shape index (κ2) is 5.63. The molecule has 2 saturated heterocycles. The topological polar surface area (TPSA) is 58.8 Å². The number of amides is 1. The highest BCUT2D eigenvalue weighted by Gasteiger charge is 2.48. The number of rotatable bonds is 3. The molecule has 0 aliphatic carbocycles. The number of likely N-dealkylation sites (tertiary alicyclic amines) is 1. The number of nitrogens with zero attached hydrogens (tertiary/aromatic N) is 3. The molecule has 0 radical (unpaired) electrons. The van der Waals surface area contributed by atoms with Gasteiger partial charge in [0, 0.05) is 38.2 Å². The van der Waals surface area contributed by atoms with Crippen LogP contribution in [0, 0.1) is 6.92 Å². The standard InChI is InChI=1S/C18H21N3O3/c1-13-3-5-14(6-4-13)16-9-15(24-19-16)10-21-8-7-18(12-21)11-20(2)17(22)23-18/h3-6,9H,7-8,10-12H2,1-2H3/t18-/m0/s1. The van der Waals surface area contributed by atoms with E-state index in [0.29, 0.717) is 13.1 Å². The first-order valence-electron chi connectivity index (χ1n) is 8.22. The molecule has 24 heavy (non-hydrogen) atoms. The number of likely N-dealkylation sites (N-methyl/N-ethyl adjacent to an activating group) is 1. The zero-order chi connectivity index (χ0) is 16.7. The maximum Gasteiger partial charge on any atom is 0.410 e. The van der Waals surface area contributed by atoms with E-state index in [4.69, 9.17) is 9.26 Å². The average Bonchev–Trinajstić information content (AvgIpc) is 3.22. The van der Waals surface area contributed by atoms with Crippen LogP contribution in [-0.2, 0) is 11.3 Å². The largest absolute Gasteiger partial charge is 0.439 e. The van der Waals surface area contributed by atoms with Crippen molar-refractivity contribution in [1.82, 2.24) is 15.0 Å². The Balaban J connectivity index is 1.42. The van der Waals surface area contributed by atoms with Crippen LogP contribution in [0.5, 0.6) is 0 Å². The van der Waals surface area contributed by atoms with Gasteiger partial charge in [-0.2, -0.15) is 0 Å². The lowest BCUT2D eigenvalue weighted by atomic mass is 10.0. The van der Waals surface area contributed by atoms with Crippen molar-refractivity contribution in [3.63, 3.8) is 0 Å². The molecule has 1 aromatic carbocycles. The minimum Gasteiger partial charge on any atom is -0.439 e. The van der Waals surface area contributed by atoms with Gasteiger partial charge in [-0.15, -0.1) is 0 Å². The van der Waals surface area contributed by atoms with Crippen molar-refractivity contribution in [1.29, 1.82) is 0 Å². The maximum atomic E-state index is 11.6. The van der Waals surface area contributed by atoms with E-state index in [0.717, 1.165) is 36.5 Å². The fourth-order valence-corrected chi connectivity index (χ4v) is 3.54. The molecule has 0 unspecified atom stereocenters. The third-order valence-electron chi connectivity index (χ3n) is 4.82. The first kappa shape index (κ1) is 15.2. The summed E-state index contributed by atoms with van der Waals surface area (Å²) in [6.07, 6.45) is 0.639. The highest BCUT2D eigenvalue weighted by Crippen LogP contribution is 2.32. The second-order valence-corrected chi connectivity index (χ2v) is 6.91. The number of hydrogen-bond donors (Lipinski definition) is 0. The Morgan fingerprint density at radius 2 is 2.04 bits per heavy atom. The van der Waals surface area contributed by atoms with Gasteiger partial charge >= 0.3 is 6.09 Å². The molecule has 3 heterocycles. The van der Waals surface area contributed by atoms with Crippen LogP contribution in [0.25, 0.3) is 11.3 Å². The molecule has 1 spiro atoms. The number of benzene rings is 1. The van der Waals surface area contributed by atoms with Crippen molar-refractivity contribution >= 4 is 6.09 Å². The smallest absolute Gasteiger partial charge is 0.410 e. The molecule has 2 aromatic rings. The Morgan fingerprint density at radius 3 is 2.75 bits per heavy atom. The Labute approximate surface area is 141 Å². The monoisotopic (exact) mass is 327 g/mol. The van der Waals surface area contributed by atoms with E-state index in [1.165, 1.54) is 5.56 Å². The van der Waals surface area contributed by atoms with Crippen molar-refractivity contribution in [2.75, 3.05) is 26.7 Å². The lowest BCUT2D eigenvalue weighted by Gasteiger charge is -2.21. The molecule has 0 N–H and O–H groups in total. The van der Waals surface area contributed by atoms with Gasteiger partial charge in [0.25, 0.3) is 0 Å². The quantitative estimate of drug-likeness (QED) is 0.867. The van der Waals surface area contributed by atoms with Crippen LogP contribution in [0.15, 0.2) is 34.9 Å². The molecule has 1 atom stereocenters. The van der Waals surface area contributed by atoms with Gasteiger partial charge < -0.3 is 14.2 Å². The number of ether oxygens (including phenoxy) is 1. The van der Waals surface area contributed by atoms with Crippen LogP contribution in [0.4, 0.5) is 4.79 Å². The second-order valence-electron chi connectivity index (χ2n) is 6.91. The summed E-state index contributed by atoms with van der Waals surface area (Å²) in [5.74, 6) is 0.834. The van der Waals surface area contributed by atoms with Crippen LogP contribution >= 0.6 is 0 Å². The third kappa shape index (κ3) is 2.78. The van der Waals surface area contributed by atoms with Crippen molar-refractivity contribution in [3.8, 4) is 11.3 Å². The van der Waals surface area contributed by atoms with Gasteiger partial charge in [-0.25, -0.2) is 4.79 Å². The number of carbonyl (C=O) groups excluding carboxylic acids is 1. The summed E-state index contributed by atoms with van der Waals surface area (Å²) in [6.45, 7) is 5.04. The SMILES string of the molecule is Cc1ccc(-c2cc(CN3CC[C@@]4(C3)CN(C)C(=O)O4)on2)cc1. The summed E-state index contributed by atoms with van der Waals surface area (Å²) in [7, 11) is 1.78. The molecule has 2 fully saturated rings. The maximum absolute atomic E-state index is 11.6.